The van der Waals surface area contributed by atoms with Crippen LogP contribution in [0.3, 0.4) is 0 Å². The normalized spacial score (nSPS) is 30.6. The van der Waals surface area contributed by atoms with Gasteiger partial charge in [0, 0.05) is 12.0 Å². The maximum atomic E-state index is 12.5. The molecule has 0 bridgehead atoms. The molecule has 0 amide bonds. The van der Waals surface area contributed by atoms with Crippen LogP contribution in [0.2, 0.25) is 0 Å². The molecule has 0 aliphatic carbocycles. The van der Waals surface area contributed by atoms with E-state index >= 15 is 0 Å². The fourth-order valence-electron chi connectivity index (χ4n) is 4.35. The number of aryl methyl sites for hydroxylation is 2. The monoisotopic (exact) mass is 418 g/mol. The number of rotatable bonds is 5. The third kappa shape index (κ3) is 3.56. The Balaban J connectivity index is 1.67. The van der Waals surface area contributed by atoms with E-state index in [9.17, 15) is 24.8 Å². The van der Waals surface area contributed by atoms with Crippen LogP contribution in [0, 0.1) is 6.92 Å². The minimum atomic E-state index is -1.64. The van der Waals surface area contributed by atoms with E-state index in [4.69, 9.17) is 9.47 Å². The summed E-state index contributed by atoms with van der Waals surface area (Å²) in [5, 5.41) is 40.7. The van der Waals surface area contributed by atoms with E-state index in [1.165, 1.54) is 0 Å². The van der Waals surface area contributed by atoms with Crippen molar-refractivity contribution in [3.63, 3.8) is 0 Å². The predicted octanol–water partition coefficient (Wildman–Crippen LogP) is 1.25. The number of fused-ring (bicyclic) bond motifs is 2. The Bertz CT molecular complexity index is 899. The summed E-state index contributed by atoms with van der Waals surface area (Å²) in [4.78, 5) is 0. The Morgan fingerprint density at radius 2 is 1.77 bits per heavy atom. The molecule has 4 N–H and O–H groups in total. The van der Waals surface area contributed by atoms with Gasteiger partial charge in [0.1, 0.15) is 24.4 Å². The van der Waals surface area contributed by atoms with Gasteiger partial charge in [-0.3, -0.25) is 4.39 Å². The van der Waals surface area contributed by atoms with Crippen LogP contribution >= 0.6 is 0 Å². The van der Waals surface area contributed by atoms with Crippen LogP contribution < -0.4 is 0 Å². The Hall–Kier alpha value is -1.87. The molecular weight excluding hydrogens is 391 g/mol. The zero-order chi connectivity index (χ0) is 21.5. The van der Waals surface area contributed by atoms with E-state index in [1.54, 1.807) is 0 Å². The molecule has 2 aliphatic rings. The lowest BCUT2D eigenvalue weighted by atomic mass is 9.85. The second-order valence-corrected chi connectivity index (χ2v) is 8.09. The van der Waals surface area contributed by atoms with Gasteiger partial charge >= 0.3 is 0 Å². The third-order valence-corrected chi connectivity index (χ3v) is 6.13. The molecule has 1 spiro atoms. The van der Waals surface area contributed by atoms with Crippen LogP contribution in [0.4, 0.5) is 4.39 Å². The van der Waals surface area contributed by atoms with Crippen LogP contribution in [-0.2, 0) is 34.7 Å². The Kier molecular flexibility index (Phi) is 5.94. The first-order chi connectivity index (χ1) is 14.4. The molecule has 0 saturated carbocycles. The Morgan fingerprint density at radius 1 is 1.07 bits per heavy atom. The maximum Gasteiger partial charge on any atom is 0.225 e. The summed E-state index contributed by atoms with van der Waals surface area (Å²) in [5.74, 6) is -1.64. The molecule has 2 aliphatic heterocycles. The predicted molar refractivity (Wildman–Crippen MR) is 107 cm³/mol. The van der Waals surface area contributed by atoms with Crippen molar-refractivity contribution in [2.45, 2.75) is 56.6 Å². The topological polar surface area (TPSA) is 99.4 Å². The standard InChI is InChI=1S/C23H27FO6/c1-13-8-17-12-29-23(22(28)21(27)20(26)19(11-25)30-23)18(17)10-16(13)9-15-4-2-14(3-5-15)6-7-24/h2-5,8,10,19-22,25-28H,6-7,9,11-12H2,1H3/t19-,20-,21+,22-,23?/m1/s1. The second kappa shape index (κ2) is 8.34. The minimum Gasteiger partial charge on any atom is -0.394 e. The summed E-state index contributed by atoms with van der Waals surface area (Å²) < 4.78 is 24.2. The molecular formula is C23H27FO6. The van der Waals surface area contributed by atoms with Crippen LogP contribution in [0.15, 0.2) is 36.4 Å². The summed E-state index contributed by atoms with van der Waals surface area (Å²) in [6, 6.07) is 11.6. The first kappa shape index (κ1) is 21.4. The maximum absolute atomic E-state index is 12.5. The van der Waals surface area contributed by atoms with Crippen molar-refractivity contribution >= 4 is 0 Å². The summed E-state index contributed by atoms with van der Waals surface area (Å²) in [6.45, 7) is 1.27. The van der Waals surface area contributed by atoms with E-state index < -0.39 is 36.8 Å². The average Bonchev–Trinajstić information content (AvgIpc) is 3.09. The highest BCUT2D eigenvalue weighted by Gasteiger charge is 2.58. The molecule has 5 atom stereocenters. The summed E-state index contributed by atoms with van der Waals surface area (Å²) in [5.41, 5.74) is 5.46. The second-order valence-electron chi connectivity index (χ2n) is 8.09. The van der Waals surface area contributed by atoms with Gasteiger partial charge in [-0.1, -0.05) is 30.3 Å². The molecule has 0 aromatic heterocycles. The highest BCUT2D eigenvalue weighted by molar-refractivity contribution is 5.45. The number of halogens is 1. The first-order valence-electron chi connectivity index (χ1n) is 10.1. The fourth-order valence-corrected chi connectivity index (χ4v) is 4.35. The molecule has 2 heterocycles. The molecule has 2 aromatic rings. The number of ether oxygens (including phenoxy) is 2. The number of hydrogen-bond donors (Lipinski definition) is 4. The highest BCUT2D eigenvalue weighted by Crippen LogP contribution is 2.46. The lowest BCUT2D eigenvalue weighted by molar-refractivity contribution is -0.368. The van der Waals surface area contributed by atoms with Crippen LogP contribution in [0.25, 0.3) is 0 Å². The van der Waals surface area contributed by atoms with E-state index in [0.717, 1.165) is 27.8 Å². The van der Waals surface area contributed by atoms with Gasteiger partial charge in [-0.2, -0.15) is 0 Å². The van der Waals surface area contributed by atoms with Crippen molar-refractivity contribution in [1.29, 1.82) is 0 Å². The number of aliphatic hydroxyl groups excluding tert-OH is 4. The van der Waals surface area contributed by atoms with Crippen molar-refractivity contribution in [3.8, 4) is 0 Å². The third-order valence-electron chi connectivity index (χ3n) is 6.13. The zero-order valence-corrected chi connectivity index (χ0v) is 16.8. The minimum absolute atomic E-state index is 0.187. The molecule has 7 heteroatoms. The van der Waals surface area contributed by atoms with Gasteiger partial charge in [0.05, 0.1) is 19.9 Å². The van der Waals surface area contributed by atoms with Crippen molar-refractivity contribution in [2.75, 3.05) is 13.3 Å². The Morgan fingerprint density at radius 3 is 2.43 bits per heavy atom. The van der Waals surface area contributed by atoms with Gasteiger partial charge in [0.2, 0.25) is 5.79 Å². The lowest BCUT2D eigenvalue weighted by Crippen LogP contribution is -2.63. The molecule has 4 rings (SSSR count). The van der Waals surface area contributed by atoms with Gasteiger partial charge in [-0.15, -0.1) is 0 Å². The Labute approximate surface area is 174 Å². The number of hydrogen-bond acceptors (Lipinski definition) is 6. The summed E-state index contributed by atoms with van der Waals surface area (Å²) in [7, 11) is 0. The quantitative estimate of drug-likeness (QED) is 0.584. The first-order valence-corrected chi connectivity index (χ1v) is 10.1. The highest BCUT2D eigenvalue weighted by atomic mass is 19.1. The molecule has 1 saturated heterocycles. The molecule has 1 unspecified atom stereocenters. The lowest BCUT2D eigenvalue weighted by Gasteiger charge is -2.46. The van der Waals surface area contributed by atoms with Crippen LogP contribution in [0.1, 0.15) is 33.4 Å². The van der Waals surface area contributed by atoms with Gasteiger partial charge in [-0.25, -0.2) is 0 Å². The average molecular weight is 418 g/mol. The molecule has 30 heavy (non-hydrogen) atoms. The molecule has 2 aromatic carbocycles. The summed E-state index contributed by atoms with van der Waals surface area (Å²) in [6.07, 6.45) is -4.51. The number of benzene rings is 2. The van der Waals surface area contributed by atoms with Crippen LogP contribution in [-0.4, -0.2) is 58.1 Å². The fraction of sp³-hybridized carbons (Fsp3) is 0.478. The van der Waals surface area contributed by atoms with Gasteiger partial charge in [0.15, 0.2) is 0 Å². The van der Waals surface area contributed by atoms with E-state index in [1.807, 2.05) is 43.3 Å². The van der Waals surface area contributed by atoms with Crippen molar-refractivity contribution in [3.05, 3.63) is 69.8 Å². The zero-order valence-electron chi connectivity index (χ0n) is 16.8. The molecule has 0 radical (unpaired) electrons. The van der Waals surface area contributed by atoms with Crippen molar-refractivity contribution in [1.82, 2.24) is 0 Å². The van der Waals surface area contributed by atoms with E-state index in [2.05, 4.69) is 0 Å². The van der Waals surface area contributed by atoms with Gasteiger partial charge in [0.25, 0.3) is 0 Å². The van der Waals surface area contributed by atoms with Crippen LogP contribution in [0.5, 0.6) is 0 Å². The van der Waals surface area contributed by atoms with E-state index in [-0.39, 0.29) is 13.3 Å². The van der Waals surface area contributed by atoms with Gasteiger partial charge in [-0.05, 0) is 47.2 Å². The van der Waals surface area contributed by atoms with Crippen molar-refractivity contribution < 1.29 is 34.3 Å². The summed E-state index contributed by atoms with van der Waals surface area (Å²) >= 11 is 0. The number of aliphatic hydroxyl groups is 4. The largest absolute Gasteiger partial charge is 0.394 e. The molecule has 1 fully saturated rings. The van der Waals surface area contributed by atoms with Crippen molar-refractivity contribution in [2.24, 2.45) is 0 Å². The smallest absolute Gasteiger partial charge is 0.225 e. The molecule has 162 valence electrons. The van der Waals surface area contributed by atoms with Gasteiger partial charge < -0.3 is 29.9 Å². The molecule has 6 nitrogen and oxygen atoms in total. The van der Waals surface area contributed by atoms with E-state index in [0.29, 0.717) is 18.4 Å². The SMILES string of the molecule is Cc1cc2c(cc1Cc1ccc(CCF)cc1)C1(OC2)O[C@H](CO)[C@@H](O)[C@H](O)[C@H]1O. The number of alkyl halides is 1.